The van der Waals surface area contributed by atoms with Gasteiger partial charge in [0.1, 0.15) is 5.78 Å². The lowest BCUT2D eigenvalue weighted by Gasteiger charge is -2.43. The summed E-state index contributed by atoms with van der Waals surface area (Å²) in [7, 11) is 0. The largest absolute Gasteiger partial charge is 0.381 e. The summed E-state index contributed by atoms with van der Waals surface area (Å²) in [4.78, 5) is 27.2. The van der Waals surface area contributed by atoms with Gasteiger partial charge >= 0.3 is 0 Å². The fourth-order valence-corrected chi connectivity index (χ4v) is 4.25. The number of hydrogen-bond donors (Lipinski definition) is 0. The topological polar surface area (TPSA) is 46.6 Å². The average molecular weight is 293 g/mol. The summed E-state index contributed by atoms with van der Waals surface area (Å²) in [5.74, 6) is 0.931. The highest BCUT2D eigenvalue weighted by Crippen LogP contribution is 2.33. The Labute approximate surface area is 127 Å². The quantitative estimate of drug-likeness (QED) is 0.786. The van der Waals surface area contributed by atoms with Gasteiger partial charge in [0.2, 0.25) is 5.91 Å². The summed E-state index contributed by atoms with van der Waals surface area (Å²) in [6.45, 7) is 2.26. The molecule has 2 aliphatic heterocycles. The minimum absolute atomic E-state index is 0.114. The van der Waals surface area contributed by atoms with Crippen molar-refractivity contribution in [1.82, 2.24) is 4.90 Å². The second kappa shape index (κ2) is 6.91. The summed E-state index contributed by atoms with van der Waals surface area (Å²) < 4.78 is 5.37. The molecule has 0 N–H and O–H groups in total. The molecule has 0 radical (unpaired) electrons. The van der Waals surface area contributed by atoms with Gasteiger partial charge in [-0.05, 0) is 44.9 Å². The van der Waals surface area contributed by atoms with Crippen molar-refractivity contribution in [3.05, 3.63) is 0 Å². The van der Waals surface area contributed by atoms with Gasteiger partial charge < -0.3 is 9.64 Å². The maximum atomic E-state index is 12.9. The van der Waals surface area contributed by atoms with E-state index in [0.717, 1.165) is 64.3 Å². The lowest BCUT2D eigenvalue weighted by molar-refractivity contribution is -0.145. The number of nitrogens with zero attached hydrogens (tertiary/aromatic N) is 1. The molecule has 4 heteroatoms. The molecule has 2 saturated heterocycles. The minimum atomic E-state index is 0.114. The first-order chi connectivity index (χ1) is 10.3. The third-order valence-electron chi connectivity index (χ3n) is 5.47. The molecule has 2 atom stereocenters. The molecule has 0 aromatic rings. The first-order valence-corrected chi connectivity index (χ1v) is 8.68. The zero-order chi connectivity index (χ0) is 14.7. The predicted molar refractivity (Wildman–Crippen MR) is 79.9 cm³/mol. The first-order valence-electron chi connectivity index (χ1n) is 8.68. The molecule has 1 amide bonds. The molecule has 118 valence electrons. The van der Waals surface area contributed by atoms with E-state index in [1.807, 2.05) is 0 Å². The number of carbonyl (C=O) groups excluding carboxylic acids is 2. The van der Waals surface area contributed by atoms with Gasteiger partial charge in [-0.1, -0.05) is 6.42 Å². The fraction of sp³-hybridized carbons (Fsp3) is 0.882. The Morgan fingerprint density at radius 1 is 1.00 bits per heavy atom. The van der Waals surface area contributed by atoms with E-state index in [1.165, 1.54) is 0 Å². The fourth-order valence-electron chi connectivity index (χ4n) is 4.25. The van der Waals surface area contributed by atoms with Gasteiger partial charge in [0.05, 0.1) is 0 Å². The van der Waals surface area contributed by atoms with Gasteiger partial charge in [0.15, 0.2) is 0 Å². The third kappa shape index (κ3) is 3.31. The van der Waals surface area contributed by atoms with Crippen molar-refractivity contribution >= 4 is 11.7 Å². The molecule has 21 heavy (non-hydrogen) atoms. The second-order valence-electron chi connectivity index (χ2n) is 6.80. The van der Waals surface area contributed by atoms with E-state index in [0.29, 0.717) is 24.9 Å². The maximum Gasteiger partial charge on any atom is 0.226 e. The van der Waals surface area contributed by atoms with Gasteiger partial charge in [-0.15, -0.1) is 0 Å². The van der Waals surface area contributed by atoms with Gasteiger partial charge in [-0.2, -0.15) is 0 Å². The molecular weight excluding hydrogens is 266 g/mol. The van der Waals surface area contributed by atoms with Crippen molar-refractivity contribution < 1.29 is 14.3 Å². The van der Waals surface area contributed by atoms with Crippen LogP contribution in [0.3, 0.4) is 0 Å². The molecule has 0 aromatic heterocycles. The van der Waals surface area contributed by atoms with E-state index in [9.17, 15) is 9.59 Å². The molecule has 1 aliphatic carbocycles. The number of likely N-dealkylation sites (tertiary alicyclic amines) is 1. The number of ketones is 1. The van der Waals surface area contributed by atoms with E-state index >= 15 is 0 Å². The minimum Gasteiger partial charge on any atom is -0.381 e. The Morgan fingerprint density at radius 3 is 2.52 bits per heavy atom. The number of carbonyl (C=O) groups is 2. The van der Waals surface area contributed by atoms with Crippen LogP contribution in [-0.2, 0) is 14.3 Å². The zero-order valence-corrected chi connectivity index (χ0v) is 12.9. The van der Waals surface area contributed by atoms with E-state index < -0.39 is 0 Å². The number of hydrogen-bond acceptors (Lipinski definition) is 3. The van der Waals surface area contributed by atoms with Crippen LogP contribution in [0.5, 0.6) is 0 Å². The van der Waals surface area contributed by atoms with Gasteiger partial charge in [0, 0.05) is 44.1 Å². The highest BCUT2D eigenvalue weighted by Gasteiger charge is 2.39. The molecule has 1 saturated carbocycles. The van der Waals surface area contributed by atoms with Crippen LogP contribution < -0.4 is 0 Å². The lowest BCUT2D eigenvalue weighted by atomic mass is 9.78. The summed E-state index contributed by atoms with van der Waals surface area (Å²) >= 11 is 0. The van der Waals surface area contributed by atoms with Crippen molar-refractivity contribution in [1.29, 1.82) is 0 Å². The standard InChI is InChI=1S/C17H27NO3/c19-16-7-2-1-5-14(16)15-6-3-4-10-18(15)17(20)13-8-11-21-12-9-13/h13-15H,1-12H2. The smallest absolute Gasteiger partial charge is 0.226 e. The number of ether oxygens (including phenoxy) is 1. The predicted octanol–water partition coefficient (Wildman–Crippen LogP) is 2.55. The molecule has 4 nitrogen and oxygen atoms in total. The summed E-state index contributed by atoms with van der Waals surface area (Å²) in [6.07, 6.45) is 8.86. The first kappa shape index (κ1) is 15.0. The van der Waals surface area contributed by atoms with Gasteiger partial charge in [-0.3, -0.25) is 9.59 Å². The Balaban J connectivity index is 1.71. The van der Waals surface area contributed by atoms with Crippen molar-refractivity contribution in [3.63, 3.8) is 0 Å². The highest BCUT2D eigenvalue weighted by atomic mass is 16.5. The van der Waals surface area contributed by atoms with Crippen LogP contribution in [-0.4, -0.2) is 42.4 Å². The van der Waals surface area contributed by atoms with Crippen molar-refractivity contribution in [2.45, 2.75) is 63.8 Å². The summed E-state index contributed by atoms with van der Waals surface area (Å²) in [5.41, 5.74) is 0. The second-order valence-corrected chi connectivity index (χ2v) is 6.80. The molecule has 0 spiro atoms. The summed E-state index contributed by atoms with van der Waals surface area (Å²) in [6, 6.07) is 0.182. The normalized spacial score (nSPS) is 32.2. The van der Waals surface area contributed by atoms with Crippen LogP contribution in [0.2, 0.25) is 0 Å². The monoisotopic (exact) mass is 293 g/mol. The molecular formula is C17H27NO3. The Bertz CT molecular complexity index is 389. The van der Waals surface area contributed by atoms with Crippen LogP contribution in [0.1, 0.15) is 57.8 Å². The van der Waals surface area contributed by atoms with Crippen molar-refractivity contribution in [3.8, 4) is 0 Å². The Hall–Kier alpha value is -0.900. The van der Waals surface area contributed by atoms with Crippen LogP contribution in [0.4, 0.5) is 0 Å². The SMILES string of the molecule is O=C1CCCCC1C1CCCCN1C(=O)C1CCOCC1. The van der Waals surface area contributed by atoms with Crippen LogP contribution in [0.15, 0.2) is 0 Å². The third-order valence-corrected chi connectivity index (χ3v) is 5.47. The number of piperidine rings is 1. The van der Waals surface area contributed by atoms with Crippen molar-refractivity contribution in [2.75, 3.05) is 19.8 Å². The molecule has 2 heterocycles. The molecule has 3 fully saturated rings. The average Bonchev–Trinajstić information content (AvgIpc) is 2.55. The van der Waals surface area contributed by atoms with Gasteiger partial charge in [0.25, 0.3) is 0 Å². The van der Waals surface area contributed by atoms with Gasteiger partial charge in [-0.25, -0.2) is 0 Å². The number of amides is 1. The number of Topliss-reactive ketones (excluding diaryl/α,β-unsaturated/α-hetero) is 1. The van der Waals surface area contributed by atoms with E-state index in [4.69, 9.17) is 4.74 Å². The van der Waals surface area contributed by atoms with Crippen LogP contribution >= 0.6 is 0 Å². The van der Waals surface area contributed by atoms with Crippen molar-refractivity contribution in [2.24, 2.45) is 11.8 Å². The maximum absolute atomic E-state index is 12.9. The van der Waals surface area contributed by atoms with E-state index in [2.05, 4.69) is 4.90 Å². The van der Waals surface area contributed by atoms with Crippen LogP contribution in [0, 0.1) is 11.8 Å². The lowest BCUT2D eigenvalue weighted by Crippen LogP contribution is -2.52. The summed E-state index contributed by atoms with van der Waals surface area (Å²) in [5, 5.41) is 0. The number of rotatable bonds is 2. The molecule has 3 aliphatic rings. The van der Waals surface area contributed by atoms with Crippen LogP contribution in [0.25, 0.3) is 0 Å². The highest BCUT2D eigenvalue weighted by molar-refractivity contribution is 5.84. The molecule has 2 unspecified atom stereocenters. The van der Waals surface area contributed by atoms with E-state index in [-0.39, 0.29) is 17.9 Å². The molecule has 0 aromatic carbocycles. The Morgan fingerprint density at radius 2 is 1.76 bits per heavy atom. The van der Waals surface area contributed by atoms with E-state index in [1.54, 1.807) is 0 Å². The molecule has 0 bridgehead atoms. The Kier molecular flexibility index (Phi) is 4.94. The molecule has 3 rings (SSSR count). The zero-order valence-electron chi connectivity index (χ0n) is 12.9.